The zero-order chi connectivity index (χ0) is 22.1. The molecule has 0 aliphatic carbocycles. The Bertz CT molecular complexity index is 1130. The normalized spacial score (nSPS) is 19.3. The molecule has 1 atom stereocenters. The van der Waals surface area contributed by atoms with Gasteiger partial charge >= 0.3 is 6.09 Å². The molecule has 2 aliphatic heterocycles. The van der Waals surface area contributed by atoms with Crippen LogP contribution in [0.25, 0.3) is 16.9 Å². The fraction of sp³-hybridized carbons (Fsp3) is 0.429. The van der Waals surface area contributed by atoms with Gasteiger partial charge in [-0.3, -0.25) is 0 Å². The Balaban J connectivity index is 1.54. The van der Waals surface area contributed by atoms with Gasteiger partial charge in [0.05, 0.1) is 37.0 Å². The maximum absolute atomic E-state index is 15.5. The number of pyridine rings is 1. The van der Waals surface area contributed by atoms with Crippen LogP contribution >= 0.6 is 0 Å². The molecule has 168 valence electrons. The zero-order valence-electron chi connectivity index (χ0n) is 17.4. The Morgan fingerprint density at radius 2 is 2.06 bits per heavy atom. The van der Waals surface area contributed by atoms with E-state index in [1.807, 2.05) is 29.3 Å². The van der Waals surface area contributed by atoms with E-state index >= 15 is 4.39 Å². The average molecular weight is 442 g/mol. The highest BCUT2D eigenvalue weighted by Crippen LogP contribution is 2.31. The molecule has 1 amide bonds. The van der Waals surface area contributed by atoms with Crippen LogP contribution in [0.1, 0.15) is 12.8 Å². The van der Waals surface area contributed by atoms with Crippen LogP contribution in [0, 0.1) is 5.82 Å². The Kier molecular flexibility index (Phi) is 5.48. The summed E-state index contributed by atoms with van der Waals surface area (Å²) >= 11 is 0. The molecule has 0 bridgehead atoms. The maximum atomic E-state index is 15.5. The van der Waals surface area contributed by atoms with Gasteiger partial charge in [-0.15, -0.1) is 0 Å². The lowest BCUT2D eigenvalue weighted by atomic mass is 10.1. The molecule has 32 heavy (non-hydrogen) atoms. The van der Waals surface area contributed by atoms with E-state index in [1.54, 1.807) is 10.7 Å². The molecule has 1 N–H and O–H groups in total. The van der Waals surface area contributed by atoms with Gasteiger partial charge in [0.1, 0.15) is 6.10 Å². The van der Waals surface area contributed by atoms with Gasteiger partial charge in [0.15, 0.2) is 11.6 Å². The number of nitrogens with zero attached hydrogens (tertiary/aromatic N) is 6. The van der Waals surface area contributed by atoms with Gasteiger partial charge < -0.3 is 24.4 Å². The van der Waals surface area contributed by atoms with Crippen LogP contribution in [0.15, 0.2) is 30.6 Å². The standard InChI is InChI=1S/C21H23FN6O4/c22-17-19(26-8-10-31-11-9-26)24-18(15-12-23-28-7-2-1-5-16(15)28)25-20(17)32-14-4-3-6-27(13-14)21(29)30/h1-2,5,7,12,14H,3-4,6,8-11,13H2,(H,29,30)/t14-/m1/s1. The lowest BCUT2D eigenvalue weighted by Gasteiger charge is -2.31. The van der Waals surface area contributed by atoms with Crippen molar-refractivity contribution in [1.29, 1.82) is 0 Å². The summed E-state index contributed by atoms with van der Waals surface area (Å²) < 4.78 is 28.5. The van der Waals surface area contributed by atoms with E-state index in [1.165, 1.54) is 4.90 Å². The van der Waals surface area contributed by atoms with Gasteiger partial charge in [0, 0.05) is 25.8 Å². The molecule has 3 aromatic heterocycles. The van der Waals surface area contributed by atoms with E-state index in [0.29, 0.717) is 57.1 Å². The average Bonchev–Trinajstić information content (AvgIpc) is 3.25. The van der Waals surface area contributed by atoms with Crippen LogP contribution in [-0.4, -0.2) is 81.2 Å². The second-order valence-corrected chi connectivity index (χ2v) is 7.79. The number of likely N-dealkylation sites (tertiary alicyclic amines) is 1. The fourth-order valence-corrected chi connectivity index (χ4v) is 4.07. The van der Waals surface area contributed by atoms with Gasteiger partial charge in [-0.05, 0) is 25.0 Å². The van der Waals surface area contributed by atoms with Gasteiger partial charge in [-0.1, -0.05) is 6.07 Å². The lowest BCUT2D eigenvalue weighted by Crippen LogP contribution is -2.44. The van der Waals surface area contributed by atoms with Crippen LogP contribution in [0.5, 0.6) is 5.88 Å². The Morgan fingerprint density at radius 3 is 2.88 bits per heavy atom. The van der Waals surface area contributed by atoms with Crippen molar-refractivity contribution in [3.63, 3.8) is 0 Å². The summed E-state index contributed by atoms with van der Waals surface area (Å²) in [6.45, 7) is 2.55. The van der Waals surface area contributed by atoms with E-state index < -0.39 is 18.0 Å². The molecule has 5 rings (SSSR count). The molecule has 3 aromatic rings. The third-order valence-corrected chi connectivity index (χ3v) is 5.71. The second-order valence-electron chi connectivity index (χ2n) is 7.79. The number of amides is 1. The summed E-state index contributed by atoms with van der Waals surface area (Å²) in [4.78, 5) is 23.4. The zero-order valence-corrected chi connectivity index (χ0v) is 17.4. The van der Waals surface area contributed by atoms with Gasteiger partial charge in [0.25, 0.3) is 5.88 Å². The Morgan fingerprint density at radius 1 is 1.22 bits per heavy atom. The quantitative estimate of drug-likeness (QED) is 0.656. The predicted octanol–water partition coefficient (Wildman–Crippen LogP) is 2.29. The minimum absolute atomic E-state index is 0.148. The maximum Gasteiger partial charge on any atom is 0.407 e. The first-order valence-corrected chi connectivity index (χ1v) is 10.6. The first-order chi connectivity index (χ1) is 15.6. The van der Waals surface area contributed by atoms with Crippen molar-refractivity contribution in [3.8, 4) is 17.3 Å². The van der Waals surface area contributed by atoms with E-state index in [2.05, 4.69) is 15.1 Å². The molecule has 0 radical (unpaired) electrons. The molecular weight excluding hydrogens is 419 g/mol. The first-order valence-electron chi connectivity index (χ1n) is 10.6. The molecule has 0 spiro atoms. The lowest BCUT2D eigenvalue weighted by molar-refractivity contribution is 0.0742. The second kappa shape index (κ2) is 8.58. The molecule has 0 aromatic carbocycles. The van der Waals surface area contributed by atoms with Crippen molar-refractivity contribution in [2.45, 2.75) is 18.9 Å². The number of anilines is 1. The van der Waals surface area contributed by atoms with Crippen LogP contribution in [-0.2, 0) is 4.74 Å². The fourth-order valence-electron chi connectivity index (χ4n) is 4.07. The summed E-state index contributed by atoms with van der Waals surface area (Å²) in [6, 6.07) is 5.63. The van der Waals surface area contributed by atoms with Crippen molar-refractivity contribution < 1.29 is 23.8 Å². The Hall–Kier alpha value is -3.47. The van der Waals surface area contributed by atoms with Crippen LogP contribution in [0.4, 0.5) is 15.0 Å². The monoisotopic (exact) mass is 442 g/mol. The molecular formula is C21H23FN6O4. The molecule has 2 saturated heterocycles. The summed E-state index contributed by atoms with van der Waals surface area (Å²) in [5.41, 5.74) is 1.44. The van der Waals surface area contributed by atoms with Crippen molar-refractivity contribution in [2.75, 3.05) is 44.3 Å². The number of carbonyl (C=O) groups is 1. The van der Waals surface area contributed by atoms with Crippen LogP contribution in [0.3, 0.4) is 0 Å². The SMILES string of the molecule is O=C(O)N1CCC[C@@H](Oc2nc(-c3cnn4ccccc34)nc(N3CCOCC3)c2F)C1. The number of hydrogen-bond acceptors (Lipinski definition) is 7. The number of aromatic nitrogens is 4. The number of hydrogen-bond donors (Lipinski definition) is 1. The third kappa shape index (κ3) is 3.91. The summed E-state index contributed by atoms with van der Waals surface area (Å²) in [6.07, 6.45) is 3.21. The number of morpholine rings is 1. The van der Waals surface area contributed by atoms with Gasteiger partial charge in [0.2, 0.25) is 5.82 Å². The highest BCUT2D eigenvalue weighted by Gasteiger charge is 2.29. The van der Waals surface area contributed by atoms with Gasteiger partial charge in [-0.2, -0.15) is 14.5 Å². The largest absolute Gasteiger partial charge is 0.470 e. The molecule has 11 heteroatoms. The van der Waals surface area contributed by atoms with E-state index in [0.717, 1.165) is 5.52 Å². The molecule has 5 heterocycles. The first kappa shape index (κ1) is 20.4. The molecule has 2 aliphatic rings. The van der Waals surface area contributed by atoms with Crippen LogP contribution < -0.4 is 9.64 Å². The van der Waals surface area contributed by atoms with Gasteiger partial charge in [-0.25, -0.2) is 14.3 Å². The highest BCUT2D eigenvalue weighted by atomic mass is 19.1. The summed E-state index contributed by atoms with van der Waals surface area (Å²) in [7, 11) is 0. The molecule has 10 nitrogen and oxygen atoms in total. The number of ether oxygens (including phenoxy) is 2. The predicted molar refractivity (Wildman–Crippen MR) is 112 cm³/mol. The summed E-state index contributed by atoms with van der Waals surface area (Å²) in [5, 5.41) is 13.6. The topological polar surface area (TPSA) is 105 Å². The van der Waals surface area contributed by atoms with E-state index in [4.69, 9.17) is 9.47 Å². The van der Waals surface area contributed by atoms with Crippen LogP contribution in [0.2, 0.25) is 0 Å². The van der Waals surface area contributed by atoms with Crippen molar-refractivity contribution in [1.82, 2.24) is 24.5 Å². The number of carboxylic acid groups (broad SMARTS) is 1. The minimum atomic E-state index is -1.01. The van der Waals surface area contributed by atoms with E-state index in [9.17, 15) is 9.90 Å². The number of piperidine rings is 1. The number of fused-ring (bicyclic) bond motifs is 1. The molecule has 0 saturated carbocycles. The van der Waals surface area contributed by atoms with Crippen molar-refractivity contribution in [3.05, 3.63) is 36.4 Å². The third-order valence-electron chi connectivity index (χ3n) is 5.71. The van der Waals surface area contributed by atoms with E-state index in [-0.39, 0.29) is 18.2 Å². The van der Waals surface area contributed by atoms with Crippen molar-refractivity contribution in [2.24, 2.45) is 0 Å². The smallest absolute Gasteiger partial charge is 0.407 e. The highest BCUT2D eigenvalue weighted by molar-refractivity contribution is 5.76. The molecule has 2 fully saturated rings. The summed E-state index contributed by atoms with van der Waals surface area (Å²) in [5.74, 6) is -0.381. The Labute approximate surface area is 183 Å². The molecule has 0 unspecified atom stereocenters. The minimum Gasteiger partial charge on any atom is -0.470 e. The number of rotatable bonds is 4. The van der Waals surface area contributed by atoms with Crippen molar-refractivity contribution >= 4 is 17.4 Å². The number of halogens is 1.